The van der Waals surface area contributed by atoms with Crippen molar-refractivity contribution in [1.82, 2.24) is 9.97 Å². The van der Waals surface area contributed by atoms with Crippen LogP contribution in [0.3, 0.4) is 0 Å². The first-order chi connectivity index (χ1) is 18.6. The Morgan fingerprint density at radius 2 is 1.44 bits per heavy atom. The first kappa shape index (κ1) is 29.2. The maximum absolute atomic E-state index is 10.9. The molecule has 0 amide bonds. The number of carbonyl (C=O) groups is 1. The van der Waals surface area contributed by atoms with E-state index in [1.54, 1.807) is 0 Å². The summed E-state index contributed by atoms with van der Waals surface area (Å²) in [4.78, 5) is 19.6. The molecule has 0 saturated heterocycles. The van der Waals surface area contributed by atoms with Gasteiger partial charge in [-0.2, -0.15) is 0 Å². The molecule has 4 aromatic rings. The summed E-state index contributed by atoms with van der Waals surface area (Å²) in [5, 5.41) is 13.7. The summed E-state index contributed by atoms with van der Waals surface area (Å²) < 4.78 is 0. The minimum Gasteiger partial charge on any atom is -0.384 e. The Balaban J connectivity index is 0.000000150. The number of carbonyl (C=O) groups excluding carboxylic acids is 1. The van der Waals surface area contributed by atoms with Gasteiger partial charge in [0.15, 0.2) is 0 Å². The number of aromatic nitrogens is 2. The number of halogens is 1. The number of hydrogen-bond acceptors (Lipinski definition) is 4. The van der Waals surface area contributed by atoms with Gasteiger partial charge in [-0.1, -0.05) is 61.2 Å². The lowest BCUT2D eigenvalue weighted by molar-refractivity contribution is -0.121. The topological polar surface area (TPSA) is 63.1 Å². The molecule has 6 rings (SSSR count). The van der Waals surface area contributed by atoms with E-state index in [2.05, 4.69) is 56.9 Å². The summed E-state index contributed by atoms with van der Waals surface area (Å²) in [5.74, 6) is 1.70. The molecule has 3 atom stereocenters. The van der Waals surface area contributed by atoms with E-state index in [4.69, 9.17) is 16.6 Å². The third kappa shape index (κ3) is 8.09. The van der Waals surface area contributed by atoms with Crippen molar-refractivity contribution in [3.63, 3.8) is 0 Å². The largest absolute Gasteiger partial charge is 0.384 e. The Bertz CT molecular complexity index is 1390. The lowest BCUT2D eigenvalue weighted by Crippen LogP contribution is -2.32. The first-order valence-corrected chi connectivity index (χ1v) is 14.6. The van der Waals surface area contributed by atoms with Crippen molar-refractivity contribution >= 4 is 39.2 Å². The summed E-state index contributed by atoms with van der Waals surface area (Å²) in [7, 11) is 0. The second kappa shape index (κ2) is 13.0. The predicted octanol–water partition coefficient (Wildman–Crippen LogP) is 8.90. The molecule has 0 radical (unpaired) electrons. The predicted molar refractivity (Wildman–Crippen MR) is 162 cm³/mol. The van der Waals surface area contributed by atoms with Gasteiger partial charge in [-0.05, 0) is 100 Å². The third-order valence-corrected chi connectivity index (χ3v) is 8.04. The van der Waals surface area contributed by atoms with Crippen LogP contribution in [0, 0.1) is 25.7 Å². The van der Waals surface area contributed by atoms with Gasteiger partial charge in [0.1, 0.15) is 16.5 Å². The fourth-order valence-electron chi connectivity index (χ4n) is 5.72. The van der Waals surface area contributed by atoms with E-state index in [0.29, 0.717) is 22.8 Å². The summed E-state index contributed by atoms with van der Waals surface area (Å²) >= 11 is 5.75. The molecule has 2 aliphatic carbocycles. The van der Waals surface area contributed by atoms with Crippen LogP contribution in [0.4, 0.5) is 0 Å². The van der Waals surface area contributed by atoms with E-state index in [0.717, 1.165) is 66.0 Å². The zero-order chi connectivity index (χ0) is 28.0. The van der Waals surface area contributed by atoms with E-state index < -0.39 is 5.60 Å². The van der Waals surface area contributed by atoms with Crippen LogP contribution in [0.25, 0.3) is 21.8 Å². The molecular formula is C34H41ClN2O2. The van der Waals surface area contributed by atoms with Gasteiger partial charge in [-0.15, -0.1) is 0 Å². The maximum atomic E-state index is 10.9. The van der Waals surface area contributed by atoms with Gasteiger partial charge in [0.2, 0.25) is 0 Å². The van der Waals surface area contributed by atoms with E-state index in [1.807, 2.05) is 36.4 Å². The number of benzene rings is 2. The van der Waals surface area contributed by atoms with Crippen molar-refractivity contribution in [2.24, 2.45) is 11.8 Å². The highest BCUT2D eigenvalue weighted by Crippen LogP contribution is 2.39. The monoisotopic (exact) mass is 544 g/mol. The number of nitrogens with zero attached hydrogens (tertiary/aromatic N) is 2. The SMILES string of the molecule is CC1CCCC(=O)C1.Cc1ccc2nc(C3(O)CCCC(C)C3)ccc2c1.Cc1ccc2nc(Cl)ccc2c1. The van der Waals surface area contributed by atoms with Gasteiger partial charge in [0.05, 0.1) is 16.7 Å². The van der Waals surface area contributed by atoms with Crippen LogP contribution in [-0.2, 0) is 10.4 Å². The lowest BCUT2D eigenvalue weighted by atomic mass is 9.77. The van der Waals surface area contributed by atoms with Crippen LogP contribution in [0.15, 0.2) is 60.7 Å². The number of hydrogen-bond donors (Lipinski definition) is 1. The Morgan fingerprint density at radius 1 is 0.821 bits per heavy atom. The van der Waals surface area contributed by atoms with Crippen molar-refractivity contribution in [3.05, 3.63) is 82.6 Å². The Kier molecular flexibility index (Phi) is 9.74. The molecule has 2 aliphatic rings. The molecule has 2 saturated carbocycles. The van der Waals surface area contributed by atoms with Gasteiger partial charge in [0.25, 0.3) is 0 Å². The molecule has 2 heterocycles. The van der Waals surface area contributed by atoms with Gasteiger partial charge < -0.3 is 5.11 Å². The molecule has 2 aromatic heterocycles. The Morgan fingerprint density at radius 3 is 2.03 bits per heavy atom. The zero-order valence-electron chi connectivity index (χ0n) is 23.7. The number of ketones is 1. The van der Waals surface area contributed by atoms with E-state index in [9.17, 15) is 9.90 Å². The summed E-state index contributed by atoms with van der Waals surface area (Å²) in [5.41, 5.74) is 4.54. The molecule has 1 N–H and O–H groups in total. The fraction of sp³-hybridized carbons (Fsp3) is 0.441. The maximum Gasteiger partial charge on any atom is 0.133 e. The third-order valence-electron chi connectivity index (χ3n) is 7.83. The number of Topliss-reactive ketones (excluding diaryl/α,β-unsaturated/α-hetero) is 1. The van der Waals surface area contributed by atoms with Crippen LogP contribution < -0.4 is 0 Å². The van der Waals surface area contributed by atoms with Crippen LogP contribution in [0.1, 0.15) is 82.0 Å². The number of rotatable bonds is 1. The van der Waals surface area contributed by atoms with Gasteiger partial charge in [0, 0.05) is 23.6 Å². The van der Waals surface area contributed by atoms with Crippen LogP contribution >= 0.6 is 11.6 Å². The first-order valence-electron chi connectivity index (χ1n) is 14.3. The Hall–Kier alpha value is -2.82. The average molecular weight is 545 g/mol. The minimum atomic E-state index is -0.725. The highest BCUT2D eigenvalue weighted by atomic mass is 35.5. The molecule has 39 heavy (non-hydrogen) atoms. The smallest absolute Gasteiger partial charge is 0.133 e. The Labute approximate surface area is 237 Å². The lowest BCUT2D eigenvalue weighted by Gasteiger charge is -2.35. The summed E-state index contributed by atoms with van der Waals surface area (Å²) in [6.45, 7) is 8.52. The van der Waals surface area contributed by atoms with Gasteiger partial charge in [-0.25, -0.2) is 9.97 Å². The van der Waals surface area contributed by atoms with Crippen LogP contribution in [0.5, 0.6) is 0 Å². The van der Waals surface area contributed by atoms with Crippen LogP contribution in [0.2, 0.25) is 5.15 Å². The molecule has 2 fully saturated rings. The minimum absolute atomic E-state index is 0.462. The summed E-state index contributed by atoms with van der Waals surface area (Å²) in [6.07, 6.45) is 8.02. The van der Waals surface area contributed by atoms with Gasteiger partial charge >= 0.3 is 0 Å². The molecule has 4 nitrogen and oxygen atoms in total. The zero-order valence-corrected chi connectivity index (χ0v) is 24.5. The second-order valence-electron chi connectivity index (χ2n) is 11.7. The second-order valence-corrected chi connectivity index (χ2v) is 12.1. The van der Waals surface area contributed by atoms with Crippen molar-refractivity contribution in [3.8, 4) is 0 Å². The number of aliphatic hydroxyl groups is 1. The van der Waals surface area contributed by atoms with Crippen molar-refractivity contribution < 1.29 is 9.90 Å². The fourth-order valence-corrected chi connectivity index (χ4v) is 5.88. The highest BCUT2D eigenvalue weighted by Gasteiger charge is 2.35. The van der Waals surface area contributed by atoms with Gasteiger partial charge in [-0.3, -0.25) is 4.79 Å². The molecule has 206 valence electrons. The van der Waals surface area contributed by atoms with Crippen molar-refractivity contribution in [1.29, 1.82) is 0 Å². The average Bonchev–Trinajstić information content (AvgIpc) is 2.89. The molecule has 0 spiro atoms. The standard InChI is InChI=1S/C17H21NO.C10H8ClN.C7H12O/c1-12-5-7-15-14(10-12)6-8-16(18-15)17(19)9-3-4-13(2)11-17;1-7-2-4-9-8(6-7)3-5-10(11)12-9;1-6-3-2-4-7(8)5-6/h5-8,10,13,19H,3-4,9,11H2,1-2H3;2-6H,1H3;6H,2-5H2,1H3. The van der Waals surface area contributed by atoms with E-state index in [1.165, 1.54) is 24.0 Å². The summed E-state index contributed by atoms with van der Waals surface area (Å²) in [6, 6.07) is 20.2. The quantitative estimate of drug-likeness (QED) is 0.243. The number of pyridine rings is 2. The number of aryl methyl sites for hydroxylation is 2. The normalized spacial score (nSPS) is 23.0. The molecule has 0 bridgehead atoms. The highest BCUT2D eigenvalue weighted by molar-refractivity contribution is 6.29. The van der Waals surface area contributed by atoms with E-state index >= 15 is 0 Å². The molecule has 3 unspecified atom stereocenters. The molecule has 2 aromatic carbocycles. The molecule has 5 heteroatoms. The van der Waals surface area contributed by atoms with Crippen molar-refractivity contribution in [2.75, 3.05) is 0 Å². The molecule has 0 aliphatic heterocycles. The van der Waals surface area contributed by atoms with E-state index in [-0.39, 0.29) is 0 Å². The van der Waals surface area contributed by atoms with Crippen molar-refractivity contribution in [2.45, 2.75) is 84.7 Å². The molecular weight excluding hydrogens is 504 g/mol. The number of fused-ring (bicyclic) bond motifs is 2. The van der Waals surface area contributed by atoms with Crippen LogP contribution in [-0.4, -0.2) is 20.9 Å².